The van der Waals surface area contributed by atoms with Crippen molar-refractivity contribution in [2.75, 3.05) is 7.11 Å². The number of esters is 1. The number of aliphatic hydroxyl groups is 3. The Labute approximate surface area is 291 Å². The Morgan fingerprint density at radius 1 is 0.898 bits per heavy atom. The summed E-state index contributed by atoms with van der Waals surface area (Å²) >= 11 is 0. The molecule has 4 rings (SSSR count). The molecule has 274 valence electrons. The minimum atomic E-state index is -1.46. The summed E-state index contributed by atoms with van der Waals surface area (Å²) < 4.78 is 5.41. The van der Waals surface area contributed by atoms with Crippen molar-refractivity contribution in [3.63, 3.8) is 0 Å². The molecule has 4 unspecified atom stereocenters. The number of phenolic OH excluding ortho intramolecular Hbond substituents is 1. The van der Waals surface area contributed by atoms with Crippen molar-refractivity contribution in [3.05, 3.63) is 63.9 Å². The summed E-state index contributed by atoms with van der Waals surface area (Å²) in [6, 6.07) is 1.28. The number of carbonyl (C=O) groups excluding carboxylic acids is 5. The molecule has 11 nitrogen and oxygen atoms in total. The average molecular weight is 688 g/mol. The average Bonchev–Trinajstić information content (AvgIpc) is 3.08. The van der Waals surface area contributed by atoms with Crippen LogP contribution >= 0.6 is 0 Å². The Balaban J connectivity index is 0.00000363. The van der Waals surface area contributed by atoms with E-state index in [1.807, 2.05) is 40.7 Å². The predicted molar refractivity (Wildman–Crippen MR) is 189 cm³/mol. The fraction of sp³-hybridized carbons (Fsp3) is 0.553. The zero-order valence-electron chi connectivity index (χ0n) is 30.6. The lowest BCUT2D eigenvalue weighted by atomic mass is 9.83. The van der Waals surface area contributed by atoms with E-state index in [-0.39, 0.29) is 45.9 Å². The molecule has 1 amide bonds. The highest BCUT2D eigenvalue weighted by Crippen LogP contribution is 2.35. The first-order chi connectivity index (χ1) is 23.3. The second-order valence-corrected chi connectivity index (χ2v) is 11.5. The lowest BCUT2D eigenvalue weighted by Gasteiger charge is -2.22. The smallest absolute Gasteiger partial charge is 0.302 e. The van der Waals surface area contributed by atoms with Crippen molar-refractivity contribution in [2.45, 2.75) is 125 Å². The molecule has 4 atom stereocenters. The summed E-state index contributed by atoms with van der Waals surface area (Å²) in [5.41, 5.74) is -0.784. The maximum absolute atomic E-state index is 13.4. The summed E-state index contributed by atoms with van der Waals surface area (Å²) in [6.45, 7) is 14.3. The van der Waals surface area contributed by atoms with E-state index in [2.05, 4.69) is 5.32 Å². The largest absolute Gasteiger partial charge is 0.507 e. The molecule has 11 heteroatoms. The maximum atomic E-state index is 13.4. The number of aliphatic hydroxyl groups excluding tert-OH is 3. The molecule has 4 bridgehead atoms. The van der Waals surface area contributed by atoms with Crippen LogP contribution in [0.1, 0.15) is 136 Å². The number of nitrogens with one attached hydrogen (secondary N) is 1. The molecule has 1 aromatic rings. The fourth-order valence-electron chi connectivity index (χ4n) is 5.29. The van der Waals surface area contributed by atoms with E-state index in [1.54, 1.807) is 12.2 Å². The number of fused-ring (bicyclic) bond motifs is 17. The highest BCUT2D eigenvalue weighted by atomic mass is 16.5. The van der Waals surface area contributed by atoms with Crippen molar-refractivity contribution in [3.8, 4) is 5.75 Å². The molecular formula is C38H57NO10. The number of amides is 1. The zero-order valence-corrected chi connectivity index (χ0v) is 30.6. The highest BCUT2D eigenvalue weighted by molar-refractivity contribution is 6.29. The predicted octanol–water partition coefficient (Wildman–Crippen LogP) is 5.85. The Morgan fingerprint density at radius 2 is 1.51 bits per heavy atom. The van der Waals surface area contributed by atoms with Crippen LogP contribution in [0.4, 0.5) is 0 Å². The van der Waals surface area contributed by atoms with E-state index in [1.165, 1.54) is 26.8 Å². The molecule has 0 radical (unpaired) electrons. The number of aryl methyl sites for hydroxylation is 1. The van der Waals surface area contributed by atoms with Gasteiger partial charge in [-0.15, -0.1) is 0 Å². The van der Waals surface area contributed by atoms with Gasteiger partial charge in [0, 0.05) is 43.2 Å². The van der Waals surface area contributed by atoms with Crippen LogP contribution in [0.3, 0.4) is 0 Å². The first-order valence-electron chi connectivity index (χ1n) is 17.2. The van der Waals surface area contributed by atoms with Crippen molar-refractivity contribution in [1.29, 1.82) is 0 Å². The number of rotatable bonds is 1. The van der Waals surface area contributed by atoms with Gasteiger partial charge < -0.3 is 30.5 Å². The lowest BCUT2D eigenvalue weighted by Crippen LogP contribution is -2.33. The normalized spacial score (nSPS) is 24.0. The Kier molecular flexibility index (Phi) is 21.6. The van der Waals surface area contributed by atoms with Gasteiger partial charge >= 0.3 is 5.97 Å². The molecule has 3 aliphatic rings. The molecule has 0 fully saturated rings. The number of allylic oxidation sites excluding steroid dienone is 5. The van der Waals surface area contributed by atoms with Crippen molar-refractivity contribution >= 4 is 29.2 Å². The summed E-state index contributed by atoms with van der Waals surface area (Å²) in [6.07, 6.45) is 7.21. The molecule has 5 N–H and O–H groups in total. The molecule has 0 spiro atoms. The first kappa shape index (κ1) is 45.1. The third-order valence-electron chi connectivity index (χ3n) is 7.77. The molecule has 1 aliphatic carbocycles. The van der Waals surface area contributed by atoms with Gasteiger partial charge in [0.15, 0.2) is 11.6 Å². The number of phenols is 1. The van der Waals surface area contributed by atoms with Gasteiger partial charge in [-0.3, -0.25) is 24.0 Å². The van der Waals surface area contributed by atoms with Crippen LogP contribution in [0.15, 0.2) is 41.6 Å². The van der Waals surface area contributed by atoms with Crippen LogP contribution in [0.2, 0.25) is 0 Å². The van der Waals surface area contributed by atoms with Gasteiger partial charge in [-0.1, -0.05) is 65.7 Å². The standard InChI is InChI=1S/C33H41NO9.2C2H6.CH4O/c1-18-9-8-10-19(2)33(42)34-25-17-27(38)28-24(15-20(3)30(39)29(28)32(25)41)31(40)26(37)12-7-5-6-11-23(43-21(4)35)16-22(36)14-13-18;3*1-2/h8-10,15,17-18,22-23,26,36-37,39H,5-7,11-14,16H2,1-4H3,(H,34,42);2*1-2H3;2H,1H3/b9-8+,19-10-;;;. The van der Waals surface area contributed by atoms with Crippen molar-refractivity contribution in [1.82, 2.24) is 5.32 Å². The number of hydrogen-bond acceptors (Lipinski definition) is 10. The van der Waals surface area contributed by atoms with Gasteiger partial charge in [0.25, 0.3) is 5.91 Å². The van der Waals surface area contributed by atoms with Crippen LogP contribution in [-0.2, 0) is 14.3 Å². The zero-order chi connectivity index (χ0) is 37.8. The van der Waals surface area contributed by atoms with Gasteiger partial charge in [0.05, 0.1) is 17.4 Å². The second kappa shape index (κ2) is 23.4. The summed E-state index contributed by atoms with van der Waals surface area (Å²) in [5, 5.41) is 41.4. The number of hydrogen-bond donors (Lipinski definition) is 5. The van der Waals surface area contributed by atoms with E-state index >= 15 is 0 Å². The van der Waals surface area contributed by atoms with E-state index in [0.717, 1.165) is 13.2 Å². The number of aromatic hydroxyl groups is 1. The van der Waals surface area contributed by atoms with Crippen LogP contribution in [0.5, 0.6) is 5.75 Å². The second-order valence-electron chi connectivity index (χ2n) is 11.5. The van der Waals surface area contributed by atoms with Gasteiger partial charge in [-0.25, -0.2) is 0 Å². The monoisotopic (exact) mass is 687 g/mol. The van der Waals surface area contributed by atoms with Crippen LogP contribution in [0.25, 0.3) is 0 Å². The molecular weight excluding hydrogens is 630 g/mol. The summed E-state index contributed by atoms with van der Waals surface area (Å²) in [5.74, 6) is -3.79. The molecule has 0 saturated carbocycles. The highest BCUT2D eigenvalue weighted by Gasteiger charge is 2.35. The van der Waals surface area contributed by atoms with Crippen molar-refractivity contribution < 1.29 is 49.1 Å². The Hall–Kier alpha value is -3.93. The van der Waals surface area contributed by atoms with Crippen LogP contribution < -0.4 is 5.32 Å². The van der Waals surface area contributed by atoms with Gasteiger partial charge in [-0.05, 0) is 63.5 Å². The SMILES string of the molecule is CC.CC.CC(=O)OC1CCCCCC(O)C(=O)c2cc(C)c(O)c3c2C(=O)C=C(NC(=O)/C(C)=C\C=C\C(C)CCC(O)C1)C3=O.CO. The topological polar surface area (TPSA) is 188 Å². The lowest BCUT2D eigenvalue weighted by molar-refractivity contribution is -0.148. The fourth-order valence-corrected chi connectivity index (χ4v) is 5.29. The minimum Gasteiger partial charge on any atom is -0.507 e. The molecule has 0 saturated heterocycles. The first-order valence-corrected chi connectivity index (χ1v) is 17.2. The molecule has 1 aromatic carbocycles. The van der Waals surface area contributed by atoms with E-state index in [9.17, 15) is 39.3 Å². The minimum absolute atomic E-state index is 0.0748. The number of Topliss-reactive ketones (excluding diaryl/α,β-unsaturated/α-hetero) is 2. The third-order valence-corrected chi connectivity index (χ3v) is 7.77. The number of carbonyl (C=O) groups is 5. The molecule has 2 heterocycles. The van der Waals surface area contributed by atoms with E-state index < -0.39 is 53.3 Å². The molecule has 0 aromatic heterocycles. The maximum Gasteiger partial charge on any atom is 0.302 e. The Bertz CT molecular complexity index is 1370. The number of ketones is 3. The van der Waals surface area contributed by atoms with E-state index in [0.29, 0.717) is 44.9 Å². The van der Waals surface area contributed by atoms with Gasteiger partial charge in [0.1, 0.15) is 18.0 Å². The Morgan fingerprint density at radius 3 is 2.12 bits per heavy atom. The quantitative estimate of drug-likeness (QED) is 0.224. The third kappa shape index (κ3) is 13.8. The molecule has 2 aliphatic heterocycles. The van der Waals surface area contributed by atoms with Gasteiger partial charge in [0.2, 0.25) is 5.78 Å². The van der Waals surface area contributed by atoms with Crippen LogP contribution in [-0.4, -0.2) is 75.1 Å². The summed E-state index contributed by atoms with van der Waals surface area (Å²) in [7, 11) is 1.00. The van der Waals surface area contributed by atoms with E-state index in [4.69, 9.17) is 9.84 Å². The van der Waals surface area contributed by atoms with Gasteiger partial charge in [-0.2, -0.15) is 0 Å². The summed E-state index contributed by atoms with van der Waals surface area (Å²) in [4.78, 5) is 64.3. The van der Waals surface area contributed by atoms with Crippen molar-refractivity contribution in [2.24, 2.45) is 5.92 Å². The molecule has 49 heavy (non-hydrogen) atoms. The number of benzene rings is 1. The van der Waals surface area contributed by atoms with Crippen LogP contribution in [0, 0.1) is 12.8 Å². The number of ether oxygens (including phenoxy) is 1.